The standard InChI is InChI=1S/C33H40N6O2/c40-21-22-4-7-29-26(18-22)34-33-11-13-37(15-17-39(29)33)28-8-5-23(28)20-31(41)24-6-9-30-27(19-24)35-32-10-12-36(14-16-38(30)32)25-2-1-3-25/h4,6-7,9,18-19,23,25,28,40H,1-3,5,8,10-17,20-21H2. The lowest BCUT2D eigenvalue weighted by Crippen LogP contribution is -2.48. The fraction of sp³-hybridized carbons (Fsp3) is 0.545. The molecule has 2 fully saturated rings. The largest absolute Gasteiger partial charge is 0.392 e. The van der Waals surface area contributed by atoms with E-state index in [1.807, 2.05) is 18.2 Å². The first-order chi connectivity index (χ1) is 20.1. The van der Waals surface area contributed by atoms with Crippen molar-refractivity contribution in [1.82, 2.24) is 28.9 Å². The average molecular weight is 553 g/mol. The van der Waals surface area contributed by atoms with Crippen LogP contribution in [0.2, 0.25) is 0 Å². The van der Waals surface area contributed by atoms with Crippen molar-refractivity contribution in [2.75, 3.05) is 26.2 Å². The summed E-state index contributed by atoms with van der Waals surface area (Å²) in [6.07, 6.45) is 8.91. The van der Waals surface area contributed by atoms with E-state index in [1.54, 1.807) is 0 Å². The fourth-order valence-electron chi connectivity index (χ4n) is 7.80. The Balaban J connectivity index is 0.923. The van der Waals surface area contributed by atoms with Gasteiger partial charge in [-0.05, 0) is 67.5 Å². The van der Waals surface area contributed by atoms with Crippen molar-refractivity contribution in [3.05, 3.63) is 59.2 Å². The van der Waals surface area contributed by atoms with Crippen LogP contribution < -0.4 is 0 Å². The van der Waals surface area contributed by atoms with Crippen LogP contribution in [0.4, 0.5) is 0 Å². The number of rotatable bonds is 6. The lowest BCUT2D eigenvalue weighted by atomic mass is 9.75. The van der Waals surface area contributed by atoms with Gasteiger partial charge in [0.25, 0.3) is 0 Å². The van der Waals surface area contributed by atoms with Gasteiger partial charge in [-0.15, -0.1) is 0 Å². The van der Waals surface area contributed by atoms with Crippen LogP contribution in [-0.2, 0) is 32.5 Å². The first-order valence-electron chi connectivity index (χ1n) is 15.7. The molecule has 4 aromatic rings. The molecule has 0 spiro atoms. The molecule has 2 aromatic carbocycles. The molecule has 1 N–H and O–H groups in total. The van der Waals surface area contributed by atoms with E-state index in [0.29, 0.717) is 18.4 Å². The zero-order valence-corrected chi connectivity index (χ0v) is 23.8. The number of benzene rings is 2. The summed E-state index contributed by atoms with van der Waals surface area (Å²) in [5, 5.41) is 9.49. The predicted octanol–water partition coefficient (Wildman–Crippen LogP) is 4.20. The molecule has 214 valence electrons. The first-order valence-corrected chi connectivity index (χ1v) is 15.7. The molecule has 4 heterocycles. The number of aliphatic hydroxyl groups excluding tert-OH is 1. The molecule has 2 unspecified atom stereocenters. The van der Waals surface area contributed by atoms with Crippen LogP contribution in [-0.4, -0.2) is 78.1 Å². The van der Waals surface area contributed by atoms with Crippen LogP contribution in [0.5, 0.6) is 0 Å². The molecule has 8 nitrogen and oxygen atoms in total. The summed E-state index contributed by atoms with van der Waals surface area (Å²) in [5.74, 6) is 2.98. The van der Waals surface area contributed by atoms with Crippen LogP contribution in [0.3, 0.4) is 0 Å². The molecule has 0 amide bonds. The van der Waals surface area contributed by atoms with Gasteiger partial charge in [-0.25, -0.2) is 9.97 Å². The minimum Gasteiger partial charge on any atom is -0.392 e. The van der Waals surface area contributed by atoms with Crippen molar-refractivity contribution in [3.8, 4) is 0 Å². The molecule has 2 saturated carbocycles. The third-order valence-electron chi connectivity index (χ3n) is 10.6. The van der Waals surface area contributed by atoms with Gasteiger partial charge in [0.15, 0.2) is 5.78 Å². The summed E-state index contributed by atoms with van der Waals surface area (Å²) in [6, 6.07) is 13.6. The van der Waals surface area contributed by atoms with E-state index in [1.165, 1.54) is 37.0 Å². The molecule has 2 aliphatic heterocycles. The maximum atomic E-state index is 13.5. The Kier molecular flexibility index (Phi) is 6.46. The Bertz CT molecular complexity index is 1620. The number of carbonyl (C=O) groups excluding carboxylic acids is 1. The highest BCUT2D eigenvalue weighted by Gasteiger charge is 2.37. The normalized spacial score (nSPS) is 23.9. The van der Waals surface area contributed by atoms with Gasteiger partial charge in [0, 0.05) is 76.2 Å². The molecule has 41 heavy (non-hydrogen) atoms. The number of imidazole rings is 2. The molecular formula is C33H40N6O2. The third-order valence-corrected chi connectivity index (χ3v) is 10.6. The van der Waals surface area contributed by atoms with E-state index >= 15 is 0 Å². The SMILES string of the molecule is O=C(CC1CCC1N1CCc2nc3cc(CO)ccc3n2CC1)c1ccc2c(c1)nc1n2CCN(C2CCC2)CC1. The van der Waals surface area contributed by atoms with Gasteiger partial charge in [-0.2, -0.15) is 0 Å². The minimum absolute atomic E-state index is 0.0467. The number of Topliss-reactive ketones (excluding diaryl/α,β-unsaturated/α-hetero) is 1. The molecule has 0 radical (unpaired) electrons. The van der Waals surface area contributed by atoms with E-state index in [2.05, 4.69) is 37.1 Å². The second-order valence-electron chi connectivity index (χ2n) is 12.7. The number of aromatic nitrogens is 4. The van der Waals surface area contributed by atoms with Crippen molar-refractivity contribution < 1.29 is 9.90 Å². The smallest absolute Gasteiger partial charge is 0.163 e. The summed E-state index contributed by atoms with van der Waals surface area (Å²) in [4.78, 5) is 28.7. The number of nitrogens with zero attached hydrogens (tertiary/aromatic N) is 6. The van der Waals surface area contributed by atoms with E-state index in [0.717, 1.165) is 98.1 Å². The average Bonchev–Trinajstić information content (AvgIpc) is 3.31. The van der Waals surface area contributed by atoms with Crippen LogP contribution in [0.1, 0.15) is 66.1 Å². The maximum absolute atomic E-state index is 13.5. The third kappa shape index (κ3) is 4.51. The maximum Gasteiger partial charge on any atom is 0.163 e. The van der Waals surface area contributed by atoms with E-state index in [-0.39, 0.29) is 12.4 Å². The fourth-order valence-corrected chi connectivity index (χ4v) is 7.80. The lowest BCUT2D eigenvalue weighted by Gasteiger charge is -2.44. The Hall–Kier alpha value is -3.07. The molecule has 2 aliphatic carbocycles. The summed E-state index contributed by atoms with van der Waals surface area (Å²) < 4.78 is 4.74. The second-order valence-corrected chi connectivity index (χ2v) is 12.7. The highest BCUT2D eigenvalue weighted by Crippen LogP contribution is 2.37. The number of hydrogen-bond donors (Lipinski definition) is 1. The molecule has 8 heteroatoms. The van der Waals surface area contributed by atoms with Crippen LogP contribution in [0.25, 0.3) is 22.1 Å². The Labute approximate surface area is 241 Å². The van der Waals surface area contributed by atoms with Crippen LogP contribution in [0.15, 0.2) is 36.4 Å². The van der Waals surface area contributed by atoms with Gasteiger partial charge < -0.3 is 14.2 Å². The molecule has 4 aliphatic rings. The predicted molar refractivity (Wildman–Crippen MR) is 159 cm³/mol. The highest BCUT2D eigenvalue weighted by molar-refractivity contribution is 5.99. The molecule has 2 atom stereocenters. The molecule has 0 bridgehead atoms. The van der Waals surface area contributed by atoms with Gasteiger partial charge in [0.2, 0.25) is 0 Å². The van der Waals surface area contributed by atoms with Crippen molar-refractivity contribution >= 4 is 27.9 Å². The molecule has 0 saturated heterocycles. The monoisotopic (exact) mass is 552 g/mol. The number of aliphatic hydroxyl groups is 1. The van der Waals surface area contributed by atoms with E-state index in [4.69, 9.17) is 9.97 Å². The second kappa shape index (κ2) is 10.3. The van der Waals surface area contributed by atoms with Crippen LogP contribution >= 0.6 is 0 Å². The molecular weight excluding hydrogens is 512 g/mol. The number of carbonyl (C=O) groups is 1. The van der Waals surface area contributed by atoms with Gasteiger partial charge in [-0.1, -0.05) is 12.5 Å². The molecule has 2 aromatic heterocycles. The van der Waals surface area contributed by atoms with Gasteiger partial charge in [-0.3, -0.25) is 14.6 Å². The van der Waals surface area contributed by atoms with Crippen molar-refractivity contribution in [3.63, 3.8) is 0 Å². The summed E-state index contributed by atoms with van der Waals surface area (Å²) in [5.41, 5.74) is 6.02. The number of fused-ring (bicyclic) bond motifs is 6. The van der Waals surface area contributed by atoms with E-state index < -0.39 is 0 Å². The van der Waals surface area contributed by atoms with Crippen LogP contribution in [0, 0.1) is 5.92 Å². The van der Waals surface area contributed by atoms with Gasteiger partial charge >= 0.3 is 0 Å². The first kappa shape index (κ1) is 25.6. The lowest BCUT2D eigenvalue weighted by molar-refractivity contribution is 0.0532. The Morgan fingerprint density at radius 3 is 2.12 bits per heavy atom. The van der Waals surface area contributed by atoms with Gasteiger partial charge in [0.1, 0.15) is 11.6 Å². The van der Waals surface area contributed by atoms with Crippen molar-refractivity contribution in [2.24, 2.45) is 5.92 Å². The topological polar surface area (TPSA) is 79.4 Å². The molecule has 8 rings (SSSR count). The number of ketones is 1. The zero-order valence-electron chi connectivity index (χ0n) is 23.8. The van der Waals surface area contributed by atoms with Crippen molar-refractivity contribution in [1.29, 1.82) is 0 Å². The van der Waals surface area contributed by atoms with E-state index in [9.17, 15) is 9.90 Å². The number of hydrogen-bond acceptors (Lipinski definition) is 6. The van der Waals surface area contributed by atoms with Crippen molar-refractivity contribution in [2.45, 2.75) is 83.1 Å². The quantitative estimate of drug-likeness (QED) is 0.361. The summed E-state index contributed by atoms with van der Waals surface area (Å²) in [6.45, 7) is 6.13. The Morgan fingerprint density at radius 2 is 1.46 bits per heavy atom. The van der Waals surface area contributed by atoms with Gasteiger partial charge in [0.05, 0.1) is 28.7 Å². The minimum atomic E-state index is 0.0467. The highest BCUT2D eigenvalue weighted by atomic mass is 16.3. The summed E-state index contributed by atoms with van der Waals surface area (Å²) >= 11 is 0. The summed E-state index contributed by atoms with van der Waals surface area (Å²) in [7, 11) is 0. The Morgan fingerprint density at radius 1 is 0.780 bits per heavy atom. The zero-order chi connectivity index (χ0) is 27.5.